The number of nitrogens with one attached hydrogen (secondary N) is 1. The van der Waals surface area contributed by atoms with Crippen LogP contribution in [0.2, 0.25) is 0 Å². The normalized spacial score (nSPS) is 24.1. The highest BCUT2D eigenvalue weighted by molar-refractivity contribution is 7.89. The fourth-order valence-corrected chi connectivity index (χ4v) is 4.02. The molecule has 0 radical (unpaired) electrons. The van der Waals surface area contributed by atoms with Gasteiger partial charge in [-0.1, -0.05) is 0 Å². The molecule has 102 valence electrons. The minimum absolute atomic E-state index is 0.100. The number of hydrogen-bond donors (Lipinski definition) is 1. The Bertz CT molecular complexity index is 319. The molecule has 17 heavy (non-hydrogen) atoms. The van der Waals surface area contributed by atoms with Gasteiger partial charge in [-0.25, -0.2) is 8.42 Å². The molecular formula is C11H25N3O2S. The number of hydrogen-bond acceptors (Lipinski definition) is 4. The van der Waals surface area contributed by atoms with Crippen molar-refractivity contribution in [3.05, 3.63) is 0 Å². The fourth-order valence-electron chi connectivity index (χ4n) is 2.24. The zero-order valence-electron chi connectivity index (χ0n) is 11.1. The molecule has 0 amide bonds. The van der Waals surface area contributed by atoms with Crippen LogP contribution in [0.5, 0.6) is 0 Å². The predicted octanol–water partition coefficient (Wildman–Crippen LogP) is -0.0483. The first-order valence-electron chi connectivity index (χ1n) is 6.30. The van der Waals surface area contributed by atoms with E-state index in [4.69, 9.17) is 0 Å². The zero-order chi connectivity index (χ0) is 12.9. The van der Waals surface area contributed by atoms with Crippen molar-refractivity contribution in [2.75, 3.05) is 46.0 Å². The van der Waals surface area contributed by atoms with Crippen LogP contribution in [0.25, 0.3) is 0 Å². The van der Waals surface area contributed by atoms with Crippen LogP contribution in [-0.4, -0.2) is 69.7 Å². The maximum absolute atomic E-state index is 12.2. The van der Waals surface area contributed by atoms with Gasteiger partial charge in [0.1, 0.15) is 0 Å². The van der Waals surface area contributed by atoms with Gasteiger partial charge in [-0.2, -0.15) is 4.31 Å². The van der Waals surface area contributed by atoms with Gasteiger partial charge in [0.05, 0.1) is 5.75 Å². The summed E-state index contributed by atoms with van der Waals surface area (Å²) >= 11 is 0. The molecule has 0 aromatic carbocycles. The lowest BCUT2D eigenvalue weighted by Crippen LogP contribution is -2.53. The van der Waals surface area contributed by atoms with E-state index >= 15 is 0 Å². The molecule has 1 N–H and O–H groups in total. The number of rotatable bonds is 6. The largest absolute Gasteiger partial charge is 0.320 e. The zero-order valence-corrected chi connectivity index (χ0v) is 12.0. The van der Waals surface area contributed by atoms with E-state index in [9.17, 15) is 8.42 Å². The lowest BCUT2D eigenvalue weighted by atomic mass is 10.2. The summed E-state index contributed by atoms with van der Waals surface area (Å²) in [4.78, 5) is 2.18. The van der Waals surface area contributed by atoms with Gasteiger partial charge >= 0.3 is 0 Å². The topological polar surface area (TPSA) is 52.7 Å². The number of unbranched alkanes of at least 4 members (excludes halogenated alkanes) is 1. The van der Waals surface area contributed by atoms with Gasteiger partial charge < -0.3 is 10.2 Å². The van der Waals surface area contributed by atoms with Gasteiger partial charge in [0.2, 0.25) is 10.0 Å². The summed E-state index contributed by atoms with van der Waals surface area (Å²) < 4.78 is 26.0. The highest BCUT2D eigenvalue weighted by atomic mass is 32.2. The Hall–Kier alpha value is -0.170. The van der Waals surface area contributed by atoms with E-state index in [1.54, 1.807) is 4.31 Å². The molecule has 1 heterocycles. The number of piperazine rings is 1. The standard InChI is InChI=1S/C11H25N3O2S/c1-11-10-13(3)7-8-14(11)17(15,16)9-5-4-6-12-2/h11-12H,4-10H2,1-3H3. The van der Waals surface area contributed by atoms with E-state index in [0.29, 0.717) is 6.54 Å². The van der Waals surface area contributed by atoms with Crippen molar-refractivity contribution >= 4 is 10.0 Å². The van der Waals surface area contributed by atoms with Crippen LogP contribution < -0.4 is 5.32 Å². The minimum atomic E-state index is -3.06. The van der Waals surface area contributed by atoms with Crippen LogP contribution in [0, 0.1) is 0 Å². The Morgan fingerprint density at radius 3 is 2.59 bits per heavy atom. The van der Waals surface area contributed by atoms with Crippen molar-refractivity contribution in [3.8, 4) is 0 Å². The molecule has 1 atom stereocenters. The Balaban J connectivity index is 2.46. The Morgan fingerprint density at radius 2 is 2.00 bits per heavy atom. The summed E-state index contributed by atoms with van der Waals surface area (Å²) in [5.74, 6) is 0.280. The third-order valence-corrected chi connectivity index (χ3v) is 5.27. The summed E-state index contributed by atoms with van der Waals surface area (Å²) in [5.41, 5.74) is 0. The van der Waals surface area contributed by atoms with Crippen molar-refractivity contribution < 1.29 is 8.42 Å². The second-order valence-electron chi connectivity index (χ2n) is 4.85. The van der Waals surface area contributed by atoms with Gasteiger partial charge in [-0.3, -0.25) is 0 Å². The first kappa shape index (κ1) is 14.9. The lowest BCUT2D eigenvalue weighted by molar-refractivity contribution is 0.170. The molecule has 0 bridgehead atoms. The maximum Gasteiger partial charge on any atom is 0.214 e. The fraction of sp³-hybridized carbons (Fsp3) is 1.00. The molecule has 0 saturated carbocycles. The Labute approximate surface area is 105 Å². The number of likely N-dealkylation sites (N-methyl/N-ethyl adjacent to an activating group) is 1. The van der Waals surface area contributed by atoms with E-state index in [1.807, 2.05) is 21.0 Å². The SMILES string of the molecule is CNCCCCS(=O)(=O)N1CCN(C)CC1C. The number of sulfonamides is 1. The third-order valence-electron chi connectivity index (χ3n) is 3.21. The smallest absolute Gasteiger partial charge is 0.214 e. The van der Waals surface area contributed by atoms with E-state index < -0.39 is 10.0 Å². The van der Waals surface area contributed by atoms with Gasteiger partial charge in [0.15, 0.2) is 0 Å². The highest BCUT2D eigenvalue weighted by Gasteiger charge is 2.30. The van der Waals surface area contributed by atoms with Crippen molar-refractivity contribution in [1.82, 2.24) is 14.5 Å². The Morgan fingerprint density at radius 1 is 1.29 bits per heavy atom. The molecule has 0 aromatic rings. The third kappa shape index (κ3) is 4.54. The van der Waals surface area contributed by atoms with Gasteiger partial charge in [0, 0.05) is 25.7 Å². The monoisotopic (exact) mass is 263 g/mol. The van der Waals surface area contributed by atoms with Crippen LogP contribution in [0.15, 0.2) is 0 Å². The Kier molecular flexibility index (Phi) is 5.85. The van der Waals surface area contributed by atoms with Crippen molar-refractivity contribution in [3.63, 3.8) is 0 Å². The molecule has 0 spiro atoms. The number of nitrogens with zero attached hydrogens (tertiary/aromatic N) is 2. The molecule has 1 fully saturated rings. The summed E-state index contributed by atoms with van der Waals surface area (Å²) in [5, 5.41) is 3.03. The summed E-state index contributed by atoms with van der Waals surface area (Å²) in [6, 6.07) is 0.100. The van der Waals surface area contributed by atoms with Gasteiger partial charge in [-0.15, -0.1) is 0 Å². The average Bonchev–Trinajstić information content (AvgIpc) is 2.24. The summed E-state index contributed by atoms with van der Waals surface area (Å²) in [7, 11) is 0.864. The van der Waals surface area contributed by atoms with Crippen LogP contribution >= 0.6 is 0 Å². The van der Waals surface area contributed by atoms with E-state index in [2.05, 4.69) is 10.2 Å². The quantitative estimate of drug-likeness (QED) is 0.683. The molecule has 1 aliphatic heterocycles. The molecule has 0 aromatic heterocycles. The lowest BCUT2D eigenvalue weighted by Gasteiger charge is -2.37. The molecule has 1 aliphatic rings. The van der Waals surface area contributed by atoms with Crippen LogP contribution in [-0.2, 0) is 10.0 Å². The second-order valence-corrected chi connectivity index (χ2v) is 6.89. The second kappa shape index (κ2) is 6.68. The molecule has 6 heteroatoms. The molecule has 1 saturated heterocycles. The first-order chi connectivity index (χ1) is 7.97. The molecule has 0 aliphatic carbocycles. The van der Waals surface area contributed by atoms with Crippen LogP contribution in [0.1, 0.15) is 19.8 Å². The molecular weight excluding hydrogens is 238 g/mol. The van der Waals surface area contributed by atoms with E-state index in [-0.39, 0.29) is 11.8 Å². The highest BCUT2D eigenvalue weighted by Crippen LogP contribution is 2.14. The minimum Gasteiger partial charge on any atom is -0.320 e. The van der Waals surface area contributed by atoms with Gasteiger partial charge in [0.25, 0.3) is 0 Å². The summed E-state index contributed by atoms with van der Waals surface area (Å²) in [6.45, 7) is 5.16. The van der Waals surface area contributed by atoms with Crippen molar-refractivity contribution in [1.29, 1.82) is 0 Å². The van der Waals surface area contributed by atoms with Crippen LogP contribution in [0.3, 0.4) is 0 Å². The van der Waals surface area contributed by atoms with E-state index in [1.165, 1.54) is 0 Å². The molecule has 5 nitrogen and oxygen atoms in total. The van der Waals surface area contributed by atoms with Crippen molar-refractivity contribution in [2.45, 2.75) is 25.8 Å². The van der Waals surface area contributed by atoms with Gasteiger partial charge in [-0.05, 0) is 40.4 Å². The van der Waals surface area contributed by atoms with Crippen molar-refractivity contribution in [2.24, 2.45) is 0 Å². The van der Waals surface area contributed by atoms with Crippen LogP contribution in [0.4, 0.5) is 0 Å². The van der Waals surface area contributed by atoms with E-state index in [0.717, 1.165) is 32.5 Å². The first-order valence-corrected chi connectivity index (χ1v) is 7.91. The maximum atomic E-state index is 12.2. The average molecular weight is 263 g/mol. The predicted molar refractivity (Wildman–Crippen MR) is 70.6 cm³/mol. The molecule has 1 rings (SSSR count). The molecule has 1 unspecified atom stereocenters. The summed E-state index contributed by atoms with van der Waals surface area (Å²) in [6.07, 6.45) is 1.65.